The minimum absolute atomic E-state index is 0.129. The molecule has 0 aliphatic carbocycles. The molecule has 0 unspecified atom stereocenters. The second kappa shape index (κ2) is 5.96. The number of carbonyl (C=O) groups is 1. The topological polar surface area (TPSA) is 56.0 Å². The third kappa shape index (κ3) is 2.81. The molecule has 1 aromatic heterocycles. The van der Waals surface area contributed by atoms with E-state index in [1.807, 2.05) is 30.3 Å². The summed E-state index contributed by atoms with van der Waals surface area (Å²) < 4.78 is 26.8. The summed E-state index contributed by atoms with van der Waals surface area (Å²) in [6.45, 7) is 0. The molecule has 0 saturated carbocycles. The lowest BCUT2D eigenvalue weighted by molar-refractivity contribution is 0.103. The zero-order valence-corrected chi connectivity index (χ0v) is 12.0. The van der Waals surface area contributed by atoms with Gasteiger partial charge in [0.25, 0.3) is 0 Å². The molecule has 1 heterocycles. The molecule has 3 rings (SSSR count). The molecular weight excluding hydrogens is 298 g/mol. The minimum atomic E-state index is -0.924. The van der Waals surface area contributed by atoms with Gasteiger partial charge in [0.15, 0.2) is 5.78 Å². The maximum absolute atomic E-state index is 13.8. The van der Waals surface area contributed by atoms with Crippen LogP contribution in [0.25, 0.3) is 11.3 Å². The molecule has 0 radical (unpaired) electrons. The summed E-state index contributed by atoms with van der Waals surface area (Å²) in [6, 6.07) is 13.4. The maximum Gasteiger partial charge on any atom is 0.198 e. The number of anilines is 1. The van der Waals surface area contributed by atoms with Crippen molar-refractivity contribution in [1.82, 2.24) is 4.98 Å². The summed E-state index contributed by atoms with van der Waals surface area (Å²) in [5, 5.41) is 0. The molecule has 114 valence electrons. The molecule has 0 spiro atoms. The first-order valence-corrected chi connectivity index (χ1v) is 6.87. The first-order valence-electron chi connectivity index (χ1n) is 6.87. The molecule has 2 N–H and O–H groups in total. The molecule has 0 amide bonds. The molecule has 3 nitrogen and oxygen atoms in total. The van der Waals surface area contributed by atoms with Crippen LogP contribution in [0.3, 0.4) is 0 Å². The lowest BCUT2D eigenvalue weighted by atomic mass is 9.99. The van der Waals surface area contributed by atoms with Gasteiger partial charge in [-0.2, -0.15) is 0 Å². The van der Waals surface area contributed by atoms with Crippen molar-refractivity contribution in [2.24, 2.45) is 0 Å². The number of nitrogens with two attached hydrogens (primary N) is 1. The number of ketones is 1. The Labute approximate surface area is 131 Å². The highest BCUT2D eigenvalue weighted by atomic mass is 19.1. The molecular formula is C18H12F2N2O. The summed E-state index contributed by atoms with van der Waals surface area (Å²) in [5.41, 5.74) is 7.30. The SMILES string of the molecule is Nc1c(C(=O)c2ccc(F)cc2F)ccnc1-c1ccccc1. The molecule has 0 atom stereocenters. The number of carbonyl (C=O) groups excluding carboxylic acids is 1. The quantitative estimate of drug-likeness (QED) is 0.748. The van der Waals surface area contributed by atoms with Gasteiger partial charge >= 0.3 is 0 Å². The van der Waals surface area contributed by atoms with E-state index in [0.29, 0.717) is 11.8 Å². The fourth-order valence-electron chi connectivity index (χ4n) is 2.32. The second-order valence-electron chi connectivity index (χ2n) is 4.94. The Morgan fingerprint density at radius 1 is 0.957 bits per heavy atom. The highest BCUT2D eigenvalue weighted by Gasteiger charge is 2.19. The third-order valence-corrected chi connectivity index (χ3v) is 3.46. The zero-order valence-electron chi connectivity index (χ0n) is 12.0. The number of halogens is 2. The molecule has 0 bridgehead atoms. The van der Waals surface area contributed by atoms with Gasteiger partial charge in [-0.15, -0.1) is 0 Å². The summed E-state index contributed by atoms with van der Waals surface area (Å²) >= 11 is 0. The van der Waals surface area contributed by atoms with Gasteiger partial charge in [0, 0.05) is 23.4 Å². The largest absolute Gasteiger partial charge is 0.396 e. The third-order valence-electron chi connectivity index (χ3n) is 3.46. The maximum atomic E-state index is 13.8. The van der Waals surface area contributed by atoms with Crippen molar-refractivity contribution in [1.29, 1.82) is 0 Å². The van der Waals surface area contributed by atoms with Gasteiger partial charge in [-0.25, -0.2) is 8.78 Å². The number of hydrogen-bond donors (Lipinski definition) is 1. The van der Waals surface area contributed by atoms with Crippen LogP contribution in [0.15, 0.2) is 60.8 Å². The summed E-state index contributed by atoms with van der Waals surface area (Å²) in [6.07, 6.45) is 1.44. The van der Waals surface area contributed by atoms with Gasteiger partial charge in [-0.05, 0) is 18.2 Å². The minimum Gasteiger partial charge on any atom is -0.396 e. The van der Waals surface area contributed by atoms with E-state index in [9.17, 15) is 13.6 Å². The molecule has 0 fully saturated rings. The van der Waals surface area contributed by atoms with E-state index >= 15 is 0 Å². The van der Waals surface area contributed by atoms with Crippen molar-refractivity contribution in [3.05, 3.63) is 83.6 Å². The van der Waals surface area contributed by atoms with Crippen molar-refractivity contribution in [3.63, 3.8) is 0 Å². The predicted molar refractivity (Wildman–Crippen MR) is 83.9 cm³/mol. The molecule has 23 heavy (non-hydrogen) atoms. The zero-order chi connectivity index (χ0) is 16.4. The number of benzene rings is 2. The molecule has 0 aliphatic rings. The number of hydrogen-bond acceptors (Lipinski definition) is 3. The van der Waals surface area contributed by atoms with E-state index in [4.69, 9.17) is 5.73 Å². The first-order chi connectivity index (χ1) is 11.1. The molecule has 0 saturated heterocycles. The number of pyridine rings is 1. The lowest BCUT2D eigenvalue weighted by Gasteiger charge is -2.10. The summed E-state index contributed by atoms with van der Waals surface area (Å²) in [4.78, 5) is 16.7. The Kier molecular flexibility index (Phi) is 3.85. The van der Waals surface area contributed by atoms with Crippen molar-refractivity contribution in [3.8, 4) is 11.3 Å². The van der Waals surface area contributed by atoms with Crippen LogP contribution in [0, 0.1) is 11.6 Å². The van der Waals surface area contributed by atoms with E-state index in [2.05, 4.69) is 4.98 Å². The molecule has 5 heteroatoms. The average molecular weight is 310 g/mol. The van der Waals surface area contributed by atoms with Gasteiger partial charge in [0.2, 0.25) is 0 Å². The van der Waals surface area contributed by atoms with Crippen LogP contribution in [0.5, 0.6) is 0 Å². The standard InChI is InChI=1S/C18H12F2N2O/c19-12-6-7-13(15(20)10-12)18(23)14-8-9-22-17(16(14)21)11-4-2-1-3-5-11/h1-10H,21H2. The molecule has 0 aliphatic heterocycles. The Morgan fingerprint density at radius 2 is 1.70 bits per heavy atom. The highest BCUT2D eigenvalue weighted by molar-refractivity contribution is 6.13. The first kappa shape index (κ1) is 14.8. The van der Waals surface area contributed by atoms with Crippen molar-refractivity contribution < 1.29 is 13.6 Å². The summed E-state index contributed by atoms with van der Waals surface area (Å²) in [7, 11) is 0. The van der Waals surface area contributed by atoms with E-state index in [1.54, 1.807) is 0 Å². The van der Waals surface area contributed by atoms with Crippen molar-refractivity contribution in [2.75, 3.05) is 5.73 Å². The predicted octanol–water partition coefficient (Wildman–Crippen LogP) is 3.84. The Balaban J connectivity index is 2.09. The van der Waals surface area contributed by atoms with Gasteiger partial charge in [-0.3, -0.25) is 9.78 Å². The van der Waals surface area contributed by atoms with Crippen LogP contribution >= 0.6 is 0 Å². The van der Waals surface area contributed by atoms with Crippen LogP contribution in [-0.2, 0) is 0 Å². The Morgan fingerprint density at radius 3 is 2.39 bits per heavy atom. The second-order valence-corrected chi connectivity index (χ2v) is 4.94. The Bertz CT molecular complexity index is 879. The average Bonchev–Trinajstić information content (AvgIpc) is 2.55. The van der Waals surface area contributed by atoms with Gasteiger partial charge in [-0.1, -0.05) is 30.3 Å². The highest BCUT2D eigenvalue weighted by Crippen LogP contribution is 2.28. The van der Waals surface area contributed by atoms with E-state index in [-0.39, 0.29) is 16.8 Å². The normalized spacial score (nSPS) is 10.5. The smallest absolute Gasteiger partial charge is 0.198 e. The fourth-order valence-corrected chi connectivity index (χ4v) is 2.32. The van der Waals surface area contributed by atoms with E-state index in [0.717, 1.165) is 17.7 Å². The number of aromatic nitrogens is 1. The van der Waals surface area contributed by atoms with E-state index < -0.39 is 17.4 Å². The van der Waals surface area contributed by atoms with Crippen LogP contribution in [0.1, 0.15) is 15.9 Å². The van der Waals surface area contributed by atoms with Crippen LogP contribution in [0.4, 0.5) is 14.5 Å². The Hall–Kier alpha value is -3.08. The van der Waals surface area contributed by atoms with Crippen LogP contribution in [0.2, 0.25) is 0 Å². The fraction of sp³-hybridized carbons (Fsp3) is 0. The molecule has 2 aromatic carbocycles. The van der Waals surface area contributed by atoms with Crippen LogP contribution in [-0.4, -0.2) is 10.8 Å². The number of rotatable bonds is 3. The van der Waals surface area contributed by atoms with Crippen LogP contribution < -0.4 is 5.73 Å². The molecule has 3 aromatic rings. The summed E-state index contributed by atoms with van der Waals surface area (Å²) in [5.74, 6) is -2.28. The van der Waals surface area contributed by atoms with Crippen molar-refractivity contribution in [2.45, 2.75) is 0 Å². The van der Waals surface area contributed by atoms with Gasteiger partial charge in [0.1, 0.15) is 11.6 Å². The van der Waals surface area contributed by atoms with Gasteiger partial charge in [0.05, 0.1) is 16.9 Å². The lowest BCUT2D eigenvalue weighted by Crippen LogP contribution is -2.09. The monoisotopic (exact) mass is 310 g/mol. The number of nitrogens with zero attached hydrogens (tertiary/aromatic N) is 1. The number of nitrogen functional groups attached to an aromatic ring is 1. The van der Waals surface area contributed by atoms with Gasteiger partial charge < -0.3 is 5.73 Å². The van der Waals surface area contributed by atoms with Crippen molar-refractivity contribution >= 4 is 11.5 Å². The van der Waals surface area contributed by atoms with E-state index in [1.165, 1.54) is 12.3 Å².